The number of benzene rings is 2. The van der Waals surface area contributed by atoms with E-state index in [4.69, 9.17) is 0 Å². The first-order valence-corrected chi connectivity index (χ1v) is 9.17. The molecule has 0 saturated carbocycles. The Kier molecular flexibility index (Phi) is 5.90. The fraction of sp³-hybridized carbons (Fsp3) is 0.304. The van der Waals surface area contributed by atoms with Crippen LogP contribution in [-0.4, -0.2) is 6.54 Å². The minimum absolute atomic E-state index is 0.906. The fourth-order valence-corrected chi connectivity index (χ4v) is 3.14. The number of hydrogen-bond acceptors (Lipinski definition) is 1. The second-order valence-corrected chi connectivity index (χ2v) is 6.48. The molecule has 0 amide bonds. The Bertz CT molecular complexity index is 707. The third-order valence-corrected chi connectivity index (χ3v) is 4.59. The summed E-state index contributed by atoms with van der Waals surface area (Å²) in [6.45, 7) is 3.17. The molecule has 1 heteroatoms. The molecule has 1 aliphatic heterocycles. The molecule has 2 aromatic carbocycles. The smallest absolute Gasteiger partial charge is 0.0416 e. The first kappa shape index (κ1) is 16.6. The average Bonchev–Trinajstić information content (AvgIpc) is 2.67. The molecule has 0 fully saturated rings. The van der Waals surface area contributed by atoms with E-state index in [1.165, 1.54) is 60.1 Å². The van der Waals surface area contributed by atoms with Crippen LogP contribution >= 0.6 is 0 Å². The number of hydrogen-bond donors (Lipinski definition) is 1. The van der Waals surface area contributed by atoms with Crippen LogP contribution in [0.3, 0.4) is 0 Å². The molecule has 3 rings (SSSR count). The molecule has 1 nitrogen and oxygen atoms in total. The Labute approximate surface area is 146 Å². The molecule has 2 aromatic rings. The van der Waals surface area contributed by atoms with Crippen molar-refractivity contribution in [2.24, 2.45) is 0 Å². The summed E-state index contributed by atoms with van der Waals surface area (Å²) in [5.74, 6) is 0. The Morgan fingerprint density at radius 3 is 2.46 bits per heavy atom. The highest BCUT2D eigenvalue weighted by molar-refractivity contribution is 5.73. The molecule has 0 atom stereocenters. The topological polar surface area (TPSA) is 12.0 Å². The van der Waals surface area contributed by atoms with Crippen molar-refractivity contribution >= 4 is 5.70 Å². The van der Waals surface area contributed by atoms with E-state index in [2.05, 4.69) is 79.0 Å². The van der Waals surface area contributed by atoms with Gasteiger partial charge in [-0.1, -0.05) is 80.8 Å². The van der Waals surface area contributed by atoms with Crippen LogP contribution in [0.5, 0.6) is 0 Å². The van der Waals surface area contributed by atoms with Crippen molar-refractivity contribution in [1.29, 1.82) is 0 Å². The lowest BCUT2D eigenvalue weighted by molar-refractivity contribution is 0.667. The third-order valence-electron chi connectivity index (χ3n) is 4.59. The molecular formula is C23H27N. The molecule has 0 bridgehead atoms. The summed E-state index contributed by atoms with van der Waals surface area (Å²) in [7, 11) is 0. The summed E-state index contributed by atoms with van der Waals surface area (Å²) >= 11 is 0. The Morgan fingerprint density at radius 1 is 0.875 bits per heavy atom. The zero-order valence-electron chi connectivity index (χ0n) is 14.6. The molecule has 0 aliphatic carbocycles. The quantitative estimate of drug-likeness (QED) is 0.620. The first-order chi connectivity index (χ1) is 11.9. The summed E-state index contributed by atoms with van der Waals surface area (Å²) in [5.41, 5.74) is 6.48. The van der Waals surface area contributed by atoms with Crippen molar-refractivity contribution in [3.63, 3.8) is 0 Å². The van der Waals surface area contributed by atoms with Crippen LogP contribution in [0.1, 0.15) is 43.7 Å². The van der Waals surface area contributed by atoms with E-state index in [1.54, 1.807) is 0 Å². The summed E-state index contributed by atoms with van der Waals surface area (Å²) in [4.78, 5) is 0. The van der Waals surface area contributed by atoms with E-state index in [9.17, 15) is 0 Å². The van der Waals surface area contributed by atoms with Gasteiger partial charge in [0.1, 0.15) is 0 Å². The Hall–Kier alpha value is -2.28. The van der Waals surface area contributed by atoms with Crippen LogP contribution in [0.15, 0.2) is 66.8 Å². The molecule has 1 N–H and O–H groups in total. The minimum Gasteiger partial charge on any atom is -0.381 e. The maximum Gasteiger partial charge on any atom is 0.0416 e. The van der Waals surface area contributed by atoms with Crippen LogP contribution in [-0.2, 0) is 6.42 Å². The molecule has 0 aromatic heterocycles. The highest BCUT2D eigenvalue weighted by Gasteiger charge is 2.05. The number of rotatable bonds is 7. The maximum atomic E-state index is 3.43. The van der Waals surface area contributed by atoms with E-state index in [-0.39, 0.29) is 0 Å². The zero-order chi connectivity index (χ0) is 16.6. The highest BCUT2D eigenvalue weighted by atomic mass is 14.9. The van der Waals surface area contributed by atoms with Gasteiger partial charge in [-0.25, -0.2) is 0 Å². The van der Waals surface area contributed by atoms with Gasteiger partial charge in [-0.2, -0.15) is 0 Å². The summed E-state index contributed by atoms with van der Waals surface area (Å²) < 4.78 is 0. The molecule has 0 radical (unpaired) electrons. The third kappa shape index (κ3) is 4.38. The summed E-state index contributed by atoms with van der Waals surface area (Å²) in [6.07, 6.45) is 12.9. The van der Waals surface area contributed by atoms with Crippen LogP contribution in [0.2, 0.25) is 0 Å². The summed E-state index contributed by atoms with van der Waals surface area (Å²) in [5, 5.41) is 3.43. The number of dihydropyridines is 1. The molecule has 0 saturated heterocycles. The van der Waals surface area contributed by atoms with E-state index >= 15 is 0 Å². The average molecular weight is 317 g/mol. The van der Waals surface area contributed by atoms with Gasteiger partial charge in [-0.15, -0.1) is 0 Å². The second-order valence-electron chi connectivity index (χ2n) is 6.48. The van der Waals surface area contributed by atoms with E-state index in [0.29, 0.717) is 0 Å². The number of aryl methyl sites for hydroxylation is 1. The van der Waals surface area contributed by atoms with E-state index in [0.717, 1.165) is 6.54 Å². The lowest BCUT2D eigenvalue weighted by Gasteiger charge is -2.13. The molecular weight excluding hydrogens is 290 g/mol. The lowest BCUT2D eigenvalue weighted by Crippen LogP contribution is -2.14. The molecule has 1 heterocycles. The van der Waals surface area contributed by atoms with Crippen LogP contribution in [0, 0.1) is 0 Å². The van der Waals surface area contributed by atoms with Gasteiger partial charge in [-0.3, -0.25) is 0 Å². The van der Waals surface area contributed by atoms with Crippen LogP contribution in [0.4, 0.5) is 0 Å². The van der Waals surface area contributed by atoms with Crippen molar-refractivity contribution in [2.75, 3.05) is 6.54 Å². The maximum absolute atomic E-state index is 3.43. The predicted molar refractivity (Wildman–Crippen MR) is 105 cm³/mol. The van der Waals surface area contributed by atoms with Gasteiger partial charge >= 0.3 is 0 Å². The van der Waals surface area contributed by atoms with Crippen molar-refractivity contribution < 1.29 is 0 Å². The van der Waals surface area contributed by atoms with E-state index < -0.39 is 0 Å². The van der Waals surface area contributed by atoms with Gasteiger partial charge in [0.05, 0.1) is 0 Å². The van der Waals surface area contributed by atoms with Gasteiger partial charge in [0.15, 0.2) is 0 Å². The monoisotopic (exact) mass is 317 g/mol. The Balaban J connectivity index is 1.70. The van der Waals surface area contributed by atoms with Gasteiger partial charge < -0.3 is 5.32 Å². The first-order valence-electron chi connectivity index (χ1n) is 9.17. The number of allylic oxidation sites excluding steroid dienone is 2. The Morgan fingerprint density at radius 2 is 1.71 bits per heavy atom. The molecule has 124 valence electrons. The fourth-order valence-electron chi connectivity index (χ4n) is 3.14. The van der Waals surface area contributed by atoms with Crippen molar-refractivity contribution in [2.45, 2.75) is 39.0 Å². The van der Waals surface area contributed by atoms with Crippen molar-refractivity contribution in [1.82, 2.24) is 5.32 Å². The lowest BCUT2D eigenvalue weighted by atomic mass is 9.98. The largest absolute Gasteiger partial charge is 0.381 e. The van der Waals surface area contributed by atoms with Crippen LogP contribution < -0.4 is 5.32 Å². The van der Waals surface area contributed by atoms with Crippen molar-refractivity contribution in [3.05, 3.63) is 77.9 Å². The van der Waals surface area contributed by atoms with Crippen molar-refractivity contribution in [3.8, 4) is 11.1 Å². The molecule has 0 unspecified atom stereocenters. The minimum atomic E-state index is 0.906. The van der Waals surface area contributed by atoms with Gasteiger partial charge in [0.25, 0.3) is 0 Å². The molecule has 24 heavy (non-hydrogen) atoms. The van der Waals surface area contributed by atoms with Gasteiger partial charge in [0, 0.05) is 12.2 Å². The van der Waals surface area contributed by atoms with Gasteiger partial charge in [-0.05, 0) is 47.2 Å². The zero-order valence-corrected chi connectivity index (χ0v) is 14.6. The molecule has 1 aliphatic rings. The predicted octanol–water partition coefficient (Wildman–Crippen LogP) is 5.98. The number of unbranched alkanes of at least 4 members (excludes halogenated alkanes) is 3. The normalized spacial score (nSPS) is 13.5. The molecule has 0 spiro atoms. The van der Waals surface area contributed by atoms with Gasteiger partial charge in [0.2, 0.25) is 0 Å². The standard InChI is InChI=1S/C23H27N/c1-2-3-4-5-9-19-13-15-20(16-14-19)21-10-8-11-22(18-21)23-12-6-7-17-24-23/h6-8,10-16,18,24H,2-5,9,17H2,1H3. The SMILES string of the molecule is CCCCCCc1ccc(-c2cccc(C3=CC=CCN3)c2)cc1. The van der Waals surface area contributed by atoms with E-state index in [1.807, 2.05) is 0 Å². The second kappa shape index (κ2) is 8.54. The van der Waals surface area contributed by atoms with Crippen LogP contribution in [0.25, 0.3) is 16.8 Å². The summed E-state index contributed by atoms with van der Waals surface area (Å²) in [6, 6.07) is 17.9. The number of nitrogens with one attached hydrogen (secondary N) is 1. The highest BCUT2D eigenvalue weighted by Crippen LogP contribution is 2.24.